The molecule has 2 aromatic rings. The van der Waals surface area contributed by atoms with Gasteiger partial charge < -0.3 is 4.55 Å². The normalized spacial score (nSPS) is 11.7. The fourth-order valence-electron chi connectivity index (χ4n) is 5.65. The first kappa shape index (κ1) is 37.3. The average Bonchev–Trinajstić information content (AvgIpc) is 2.89. The molecule has 5 heteroatoms. The number of rotatable bonds is 23. The van der Waals surface area contributed by atoms with E-state index in [0.29, 0.717) is 17.4 Å². The van der Waals surface area contributed by atoms with Crippen molar-refractivity contribution in [1.82, 2.24) is 0 Å². The molecule has 0 heterocycles. The minimum Gasteiger partial charge on any atom is -0.744 e. The third-order valence-electron chi connectivity index (χ3n) is 7.99. The van der Waals surface area contributed by atoms with Gasteiger partial charge in [0, 0.05) is 0 Å². The van der Waals surface area contributed by atoms with Gasteiger partial charge in [-0.15, -0.1) is 0 Å². The molecule has 0 aliphatic heterocycles. The number of hydrogen-bond donors (Lipinski definition) is 0. The van der Waals surface area contributed by atoms with Crippen molar-refractivity contribution in [3.05, 3.63) is 41.5 Å². The van der Waals surface area contributed by atoms with E-state index in [4.69, 9.17) is 0 Å². The number of aryl methyl sites for hydroxylation is 2. The Morgan fingerprint density at radius 1 is 0.564 bits per heavy atom. The van der Waals surface area contributed by atoms with Crippen molar-refractivity contribution in [3.63, 3.8) is 0 Å². The predicted octanol–water partition coefficient (Wildman–Crippen LogP) is 7.67. The van der Waals surface area contributed by atoms with Gasteiger partial charge in [-0.25, -0.2) is 8.42 Å². The van der Waals surface area contributed by atoms with Gasteiger partial charge in [0.1, 0.15) is 10.1 Å². The number of unbranched alkanes of at least 4 members (excludes halogenated alkanes) is 18. The third-order valence-corrected chi connectivity index (χ3v) is 8.97. The third kappa shape index (κ3) is 15.9. The van der Waals surface area contributed by atoms with Crippen LogP contribution in [0.2, 0.25) is 0 Å². The van der Waals surface area contributed by atoms with E-state index < -0.39 is 10.1 Å². The van der Waals surface area contributed by atoms with E-state index in [-0.39, 0.29) is 56.3 Å². The quantitative estimate of drug-likeness (QED) is 0.0767. The van der Waals surface area contributed by atoms with Gasteiger partial charge in [-0.2, -0.15) is 0 Å². The Hall–Kier alpha value is 0.246. The van der Waals surface area contributed by atoms with Crippen molar-refractivity contribution < 1.29 is 64.4 Å². The molecule has 3 nitrogen and oxygen atoms in total. The van der Waals surface area contributed by atoms with E-state index in [1.165, 1.54) is 109 Å². The molecule has 0 saturated carbocycles. The van der Waals surface area contributed by atoms with E-state index in [1.54, 1.807) is 0 Å². The van der Waals surface area contributed by atoms with Gasteiger partial charge in [0.05, 0.1) is 4.90 Å². The van der Waals surface area contributed by atoms with Gasteiger partial charge in [0.2, 0.25) is 0 Å². The molecule has 0 unspecified atom stereocenters. The topological polar surface area (TPSA) is 57.2 Å². The number of benzene rings is 2. The molecule has 0 aliphatic rings. The molecule has 216 valence electrons. The molecule has 39 heavy (non-hydrogen) atoms. The molecule has 2 rings (SSSR count). The van der Waals surface area contributed by atoms with Crippen molar-refractivity contribution in [3.8, 4) is 0 Å². The summed E-state index contributed by atoms with van der Waals surface area (Å²) in [6, 6.07) is 9.90. The van der Waals surface area contributed by atoms with Crippen LogP contribution in [0.1, 0.15) is 153 Å². The Kier molecular flexibility index (Phi) is 21.8. The Balaban J connectivity index is 0.00000760. The van der Waals surface area contributed by atoms with E-state index in [9.17, 15) is 13.0 Å². The van der Waals surface area contributed by atoms with E-state index >= 15 is 0 Å². The molecule has 0 amide bonds. The molecule has 0 aromatic heterocycles. The summed E-state index contributed by atoms with van der Waals surface area (Å²) in [4.78, 5) is 0.0239. The van der Waals surface area contributed by atoms with Crippen LogP contribution in [0, 0.1) is 0 Å². The summed E-state index contributed by atoms with van der Waals surface area (Å²) in [6.45, 7) is 4.51. The van der Waals surface area contributed by atoms with Crippen LogP contribution < -0.4 is 51.4 Å². The first-order chi connectivity index (χ1) is 18.5. The average molecular weight is 583 g/mol. The van der Waals surface area contributed by atoms with E-state index in [0.717, 1.165) is 36.6 Å². The van der Waals surface area contributed by atoms with Gasteiger partial charge in [0.25, 0.3) is 0 Å². The molecule has 0 radical (unpaired) electrons. The van der Waals surface area contributed by atoms with Crippen LogP contribution in [-0.2, 0) is 23.0 Å². The minimum atomic E-state index is -4.53. The number of fused-ring (bicyclic) bond motifs is 1. The second kappa shape index (κ2) is 22.8. The summed E-state index contributed by atoms with van der Waals surface area (Å²) in [7, 11) is -4.53. The van der Waals surface area contributed by atoms with Crippen LogP contribution in [0.5, 0.6) is 0 Å². The summed E-state index contributed by atoms with van der Waals surface area (Å²) in [5.41, 5.74) is 1.83. The Morgan fingerprint density at radius 2 is 0.974 bits per heavy atom. The molecule has 0 fully saturated rings. The maximum absolute atomic E-state index is 12.3. The Bertz CT molecular complexity index is 998. The fourth-order valence-corrected chi connectivity index (χ4v) is 6.59. The van der Waals surface area contributed by atoms with Crippen LogP contribution >= 0.6 is 0 Å². The van der Waals surface area contributed by atoms with Crippen molar-refractivity contribution in [1.29, 1.82) is 0 Å². The van der Waals surface area contributed by atoms with Crippen LogP contribution in [0.15, 0.2) is 35.2 Å². The molecule has 0 spiro atoms. The number of hydrogen-bond acceptors (Lipinski definition) is 3. The second-order valence-corrected chi connectivity index (χ2v) is 12.7. The van der Waals surface area contributed by atoms with Gasteiger partial charge in [-0.3, -0.25) is 0 Å². The van der Waals surface area contributed by atoms with Gasteiger partial charge in [-0.1, -0.05) is 154 Å². The molecule has 0 bridgehead atoms. The van der Waals surface area contributed by atoms with Crippen LogP contribution in [0.3, 0.4) is 0 Å². The molecule has 0 saturated heterocycles. The van der Waals surface area contributed by atoms with Crippen LogP contribution in [0.4, 0.5) is 0 Å². The first-order valence-corrected chi connectivity index (χ1v) is 17.4. The Labute approximate surface area is 283 Å². The van der Waals surface area contributed by atoms with Crippen molar-refractivity contribution in [2.24, 2.45) is 0 Å². The summed E-state index contributed by atoms with van der Waals surface area (Å²) in [5.74, 6) is 0. The first-order valence-electron chi connectivity index (χ1n) is 16.0. The van der Waals surface area contributed by atoms with Crippen LogP contribution in [0.25, 0.3) is 10.8 Å². The summed E-state index contributed by atoms with van der Waals surface area (Å²) < 4.78 is 37.0. The smallest absolute Gasteiger partial charge is 0.744 e. The Morgan fingerprint density at radius 3 is 1.44 bits per heavy atom. The second-order valence-electron chi connectivity index (χ2n) is 11.4. The van der Waals surface area contributed by atoms with Crippen molar-refractivity contribution in [2.45, 2.75) is 160 Å². The van der Waals surface area contributed by atoms with Gasteiger partial charge in [-0.05, 0) is 53.6 Å². The zero-order valence-corrected chi connectivity index (χ0v) is 29.5. The molecule has 0 atom stereocenters. The summed E-state index contributed by atoms with van der Waals surface area (Å²) in [6.07, 6.45) is 27.0. The zero-order chi connectivity index (χ0) is 27.5. The van der Waals surface area contributed by atoms with Crippen molar-refractivity contribution >= 4 is 20.9 Å². The molecule has 0 N–H and O–H groups in total. The van der Waals surface area contributed by atoms with Gasteiger partial charge >= 0.3 is 51.4 Å². The van der Waals surface area contributed by atoms with E-state index in [1.807, 2.05) is 24.3 Å². The SMILES string of the molecule is CCCCCCCCCCCCc1ccc2ccc(CCCCCCCCCCCC)c(S(=O)(=O)[O-])c2c1.[K+]. The summed E-state index contributed by atoms with van der Waals surface area (Å²) in [5, 5.41) is 1.47. The molecular formula is C34H55KO3S. The van der Waals surface area contributed by atoms with E-state index in [2.05, 4.69) is 19.9 Å². The minimum absolute atomic E-state index is 0. The standard InChI is InChI=1S/C34H56O3S.K/c1-3-5-7-9-11-13-15-17-19-21-23-30-25-26-31-27-28-32(34(33(31)29-30)38(35,36)37)24-22-20-18-16-14-12-10-8-6-4-2;/h25-29H,3-24H2,1-2H3,(H,35,36,37);/q;+1/p-1. The fraction of sp³-hybridized carbons (Fsp3) is 0.706. The zero-order valence-electron chi connectivity index (χ0n) is 25.6. The maximum Gasteiger partial charge on any atom is 1.00 e. The monoisotopic (exact) mass is 582 g/mol. The predicted molar refractivity (Wildman–Crippen MR) is 163 cm³/mol. The molecule has 0 aliphatic carbocycles. The maximum atomic E-state index is 12.3. The van der Waals surface area contributed by atoms with Crippen molar-refractivity contribution in [2.75, 3.05) is 0 Å². The molecular weight excluding hydrogens is 528 g/mol. The summed E-state index contributed by atoms with van der Waals surface area (Å²) >= 11 is 0. The van der Waals surface area contributed by atoms with Crippen LogP contribution in [-0.4, -0.2) is 13.0 Å². The largest absolute Gasteiger partial charge is 1.00 e. The molecule has 2 aromatic carbocycles. The van der Waals surface area contributed by atoms with Gasteiger partial charge in [0.15, 0.2) is 0 Å².